The van der Waals surface area contributed by atoms with Gasteiger partial charge in [-0.15, -0.1) is 0 Å². The average Bonchev–Trinajstić information content (AvgIpc) is 3.33. The minimum Gasteiger partial charge on any atom is -0.337 e. The SMILES string of the molecule is C=CC(=O)N1CCC[C@@H](N2NC(c3ccc(C(=O)Nc4cc(C(F)(F)F)ccn4)cc3)=C3C2=CN=CN3N)C1. The van der Waals surface area contributed by atoms with Crippen molar-refractivity contribution in [1.82, 2.24) is 25.3 Å². The lowest BCUT2D eigenvalue weighted by Gasteiger charge is -2.39. The number of nitrogens with zero attached hydrogens (tertiary/aromatic N) is 5. The first-order valence-corrected chi connectivity index (χ1v) is 12.1. The van der Waals surface area contributed by atoms with Crippen LogP contribution in [0, 0.1) is 0 Å². The van der Waals surface area contributed by atoms with E-state index < -0.39 is 17.6 Å². The van der Waals surface area contributed by atoms with Gasteiger partial charge in [0, 0.05) is 30.4 Å². The quantitative estimate of drug-likeness (QED) is 0.396. The van der Waals surface area contributed by atoms with Gasteiger partial charge >= 0.3 is 6.18 Å². The van der Waals surface area contributed by atoms with Crippen LogP contribution >= 0.6 is 0 Å². The van der Waals surface area contributed by atoms with Crippen LogP contribution in [-0.2, 0) is 11.0 Å². The fourth-order valence-electron chi connectivity index (χ4n) is 4.73. The number of halogens is 3. The van der Waals surface area contributed by atoms with E-state index in [4.69, 9.17) is 5.84 Å². The monoisotopic (exact) mass is 538 g/mol. The van der Waals surface area contributed by atoms with Gasteiger partial charge in [0.2, 0.25) is 5.91 Å². The van der Waals surface area contributed by atoms with Crippen LogP contribution in [0.3, 0.4) is 0 Å². The zero-order chi connectivity index (χ0) is 27.7. The van der Waals surface area contributed by atoms with Gasteiger partial charge in [-0.2, -0.15) is 13.2 Å². The van der Waals surface area contributed by atoms with Crippen LogP contribution in [0.1, 0.15) is 34.3 Å². The van der Waals surface area contributed by atoms with Crippen LogP contribution in [0.25, 0.3) is 5.70 Å². The highest BCUT2D eigenvalue weighted by Gasteiger charge is 2.38. The van der Waals surface area contributed by atoms with Crippen LogP contribution in [0.5, 0.6) is 0 Å². The zero-order valence-corrected chi connectivity index (χ0v) is 20.7. The molecule has 3 aliphatic rings. The van der Waals surface area contributed by atoms with Crippen molar-refractivity contribution in [2.75, 3.05) is 18.4 Å². The number of hydrogen-bond acceptors (Lipinski definition) is 8. The maximum atomic E-state index is 13.0. The lowest BCUT2D eigenvalue weighted by molar-refractivity contribution is -0.137. The molecular weight excluding hydrogens is 513 g/mol. The Balaban J connectivity index is 1.36. The summed E-state index contributed by atoms with van der Waals surface area (Å²) in [6.07, 6.45) is 2.57. The summed E-state index contributed by atoms with van der Waals surface area (Å²) < 4.78 is 39.0. The number of aliphatic imine (C=N–C) groups is 1. The molecule has 1 fully saturated rings. The molecule has 2 amide bonds. The largest absolute Gasteiger partial charge is 0.416 e. The minimum atomic E-state index is -4.55. The molecule has 0 saturated carbocycles. The number of carbonyl (C=O) groups is 2. The molecule has 1 aromatic heterocycles. The number of nitrogens with two attached hydrogens (primary N) is 1. The second-order valence-corrected chi connectivity index (χ2v) is 9.13. The van der Waals surface area contributed by atoms with Crippen molar-refractivity contribution in [2.24, 2.45) is 10.8 Å². The first-order valence-electron chi connectivity index (χ1n) is 12.1. The van der Waals surface area contributed by atoms with E-state index in [1.165, 1.54) is 17.4 Å². The Morgan fingerprint density at radius 3 is 2.69 bits per heavy atom. The van der Waals surface area contributed by atoms with E-state index in [9.17, 15) is 22.8 Å². The number of piperidine rings is 1. The van der Waals surface area contributed by atoms with Crippen molar-refractivity contribution >= 4 is 29.7 Å². The molecule has 0 radical (unpaired) electrons. The molecule has 39 heavy (non-hydrogen) atoms. The highest BCUT2D eigenvalue weighted by Crippen LogP contribution is 2.36. The summed E-state index contributed by atoms with van der Waals surface area (Å²) in [5.41, 5.74) is 5.52. The Labute approximate surface area is 221 Å². The molecule has 4 N–H and O–H groups in total. The Hall–Kier alpha value is -4.65. The predicted octanol–water partition coefficient (Wildman–Crippen LogP) is 3.08. The molecule has 0 aliphatic carbocycles. The molecular formula is C26H25F3N8O2. The smallest absolute Gasteiger partial charge is 0.337 e. The maximum absolute atomic E-state index is 13.0. The third-order valence-corrected chi connectivity index (χ3v) is 6.63. The number of carbonyl (C=O) groups excluding carboxylic acids is 2. The van der Waals surface area contributed by atoms with E-state index >= 15 is 0 Å². The van der Waals surface area contributed by atoms with Gasteiger partial charge in [0.1, 0.15) is 23.6 Å². The van der Waals surface area contributed by atoms with Crippen molar-refractivity contribution in [3.8, 4) is 0 Å². The summed E-state index contributed by atoms with van der Waals surface area (Å²) in [4.78, 5) is 34.7. The second-order valence-electron chi connectivity index (χ2n) is 9.13. The number of amides is 2. The molecule has 0 spiro atoms. The van der Waals surface area contributed by atoms with Crippen LogP contribution in [0.15, 0.2) is 77.8 Å². The number of fused-ring (bicyclic) bond motifs is 1. The zero-order valence-electron chi connectivity index (χ0n) is 20.7. The molecule has 4 heterocycles. The molecule has 202 valence electrons. The second kappa shape index (κ2) is 10.3. The summed E-state index contributed by atoms with van der Waals surface area (Å²) >= 11 is 0. The molecule has 1 atom stereocenters. The standard InChI is InChI=1S/C26H25F3N8O2/c1-2-22(38)35-11-3-4-19(14-35)37-20-13-31-15-36(30)24(20)23(34-37)16-5-7-17(8-6-16)25(39)33-21-12-18(9-10-32-21)26(27,28)29/h2,5-10,12-13,15,19,34H,1,3-4,11,14,30H2,(H,32,33,39)/t19-/m1/s1. The lowest BCUT2D eigenvalue weighted by atomic mass is 10.0. The number of pyridine rings is 1. The third kappa shape index (κ3) is 5.21. The molecule has 1 saturated heterocycles. The van der Waals surface area contributed by atoms with Crippen molar-refractivity contribution < 1.29 is 22.8 Å². The fraction of sp³-hybridized carbons (Fsp3) is 0.231. The first kappa shape index (κ1) is 26.0. The van der Waals surface area contributed by atoms with Crippen molar-refractivity contribution in [3.63, 3.8) is 0 Å². The molecule has 0 unspecified atom stereocenters. The minimum absolute atomic E-state index is 0.0480. The van der Waals surface area contributed by atoms with Gasteiger partial charge in [0.05, 0.1) is 23.5 Å². The third-order valence-electron chi connectivity index (χ3n) is 6.63. The number of likely N-dealkylation sites (tertiary alicyclic amines) is 1. The van der Waals surface area contributed by atoms with Gasteiger partial charge < -0.3 is 10.2 Å². The number of hydrazine groups is 2. The number of aromatic nitrogens is 1. The summed E-state index contributed by atoms with van der Waals surface area (Å²) in [5, 5.41) is 5.74. The number of rotatable bonds is 5. The molecule has 3 aliphatic heterocycles. The van der Waals surface area contributed by atoms with E-state index in [0.29, 0.717) is 30.0 Å². The summed E-state index contributed by atoms with van der Waals surface area (Å²) in [6.45, 7) is 4.73. The van der Waals surface area contributed by atoms with Crippen molar-refractivity contribution in [1.29, 1.82) is 0 Å². The number of alkyl halides is 3. The Morgan fingerprint density at radius 2 is 1.97 bits per heavy atom. The van der Waals surface area contributed by atoms with Gasteiger partial charge in [0.25, 0.3) is 5.91 Å². The van der Waals surface area contributed by atoms with Crippen LogP contribution in [0.4, 0.5) is 19.0 Å². The van der Waals surface area contributed by atoms with Crippen LogP contribution in [0.2, 0.25) is 0 Å². The van der Waals surface area contributed by atoms with Gasteiger partial charge in [-0.3, -0.25) is 25.0 Å². The molecule has 0 bridgehead atoms. The lowest BCUT2D eigenvalue weighted by Crippen LogP contribution is -2.51. The van der Waals surface area contributed by atoms with Gasteiger partial charge in [-0.25, -0.2) is 15.8 Å². The normalized spacial score (nSPS) is 18.9. The Bertz CT molecular complexity index is 1400. The summed E-state index contributed by atoms with van der Waals surface area (Å²) in [7, 11) is 0. The van der Waals surface area contributed by atoms with E-state index in [0.717, 1.165) is 36.9 Å². The van der Waals surface area contributed by atoms with Crippen molar-refractivity contribution in [3.05, 3.63) is 89.5 Å². The molecule has 10 nitrogen and oxygen atoms in total. The van der Waals surface area contributed by atoms with Crippen LogP contribution < -0.4 is 16.6 Å². The highest BCUT2D eigenvalue weighted by atomic mass is 19.4. The van der Waals surface area contributed by atoms with Gasteiger partial charge in [-0.05, 0) is 43.2 Å². The number of anilines is 1. The molecule has 1 aromatic carbocycles. The van der Waals surface area contributed by atoms with E-state index in [1.54, 1.807) is 35.4 Å². The maximum Gasteiger partial charge on any atom is 0.416 e. The average molecular weight is 539 g/mol. The van der Waals surface area contributed by atoms with Crippen LogP contribution in [-0.4, -0.2) is 57.2 Å². The topological polar surface area (TPSA) is 119 Å². The van der Waals surface area contributed by atoms with Crippen molar-refractivity contribution in [2.45, 2.75) is 25.1 Å². The van der Waals surface area contributed by atoms with E-state index in [1.807, 2.05) is 5.01 Å². The molecule has 5 rings (SSSR count). The van der Waals surface area contributed by atoms with E-state index in [-0.39, 0.29) is 23.3 Å². The summed E-state index contributed by atoms with van der Waals surface area (Å²) in [5.74, 6) is 5.30. The van der Waals surface area contributed by atoms with Gasteiger partial charge in [-0.1, -0.05) is 18.7 Å². The van der Waals surface area contributed by atoms with E-state index in [2.05, 4.69) is 27.3 Å². The first-order chi connectivity index (χ1) is 18.7. The Morgan fingerprint density at radius 1 is 1.21 bits per heavy atom. The Kier molecular flexibility index (Phi) is 6.83. The number of nitrogens with one attached hydrogen (secondary N) is 2. The van der Waals surface area contributed by atoms with Gasteiger partial charge in [0.15, 0.2) is 0 Å². The predicted molar refractivity (Wildman–Crippen MR) is 138 cm³/mol. The number of benzene rings is 1. The number of hydrogen-bond donors (Lipinski definition) is 3. The molecule has 2 aromatic rings. The molecule has 13 heteroatoms. The fourth-order valence-corrected chi connectivity index (χ4v) is 4.73. The summed E-state index contributed by atoms with van der Waals surface area (Å²) in [6, 6.07) is 8.09. The highest BCUT2D eigenvalue weighted by molar-refractivity contribution is 6.04.